The van der Waals surface area contributed by atoms with Crippen molar-refractivity contribution in [3.05, 3.63) is 35.0 Å². The van der Waals surface area contributed by atoms with Gasteiger partial charge in [0.15, 0.2) is 0 Å². The Morgan fingerprint density at radius 3 is 2.75 bits per heavy atom. The number of carbonyl (C=O) groups is 1. The largest absolute Gasteiger partial charge is 0.358 e. The predicted octanol–water partition coefficient (Wildman–Crippen LogP) is 3.32. The van der Waals surface area contributed by atoms with E-state index in [0.29, 0.717) is 6.42 Å². The van der Waals surface area contributed by atoms with Crippen molar-refractivity contribution in [2.45, 2.75) is 52.5 Å². The summed E-state index contributed by atoms with van der Waals surface area (Å²) in [4.78, 5) is 18.5. The van der Waals surface area contributed by atoms with Crippen molar-refractivity contribution < 1.29 is 4.79 Å². The van der Waals surface area contributed by atoms with Crippen LogP contribution in [0.4, 0.5) is 0 Å². The summed E-state index contributed by atoms with van der Waals surface area (Å²) in [5.41, 5.74) is 4.56. The van der Waals surface area contributed by atoms with Crippen LogP contribution in [0, 0.1) is 13.8 Å². The summed E-state index contributed by atoms with van der Waals surface area (Å²) in [6.07, 6.45) is 4.01. The van der Waals surface area contributed by atoms with E-state index in [0.717, 1.165) is 29.7 Å². The Hall–Kier alpha value is -1.81. The molecule has 4 nitrogen and oxygen atoms in total. The number of H-pyrrole nitrogens is 1. The quantitative estimate of drug-likeness (QED) is 0.855. The van der Waals surface area contributed by atoms with Crippen LogP contribution in [0.2, 0.25) is 0 Å². The Bertz CT molecular complexity index is 713. The summed E-state index contributed by atoms with van der Waals surface area (Å²) >= 11 is 0. The van der Waals surface area contributed by atoms with Gasteiger partial charge in [-0.15, -0.1) is 0 Å². The fraction of sp³-hybridized carbons (Fsp3) is 0.550. The van der Waals surface area contributed by atoms with E-state index in [-0.39, 0.29) is 11.9 Å². The molecule has 1 saturated heterocycles. The highest BCUT2D eigenvalue weighted by atomic mass is 16.1. The predicted molar refractivity (Wildman–Crippen MR) is 99.4 cm³/mol. The van der Waals surface area contributed by atoms with Gasteiger partial charge in [0.2, 0.25) is 5.91 Å². The number of hydrogen-bond acceptors (Lipinski definition) is 2. The van der Waals surface area contributed by atoms with Crippen molar-refractivity contribution in [3.8, 4) is 0 Å². The van der Waals surface area contributed by atoms with E-state index < -0.39 is 0 Å². The molecule has 2 aromatic rings. The molecule has 1 aliphatic rings. The highest BCUT2D eigenvalue weighted by Crippen LogP contribution is 2.23. The van der Waals surface area contributed by atoms with E-state index in [4.69, 9.17) is 0 Å². The van der Waals surface area contributed by atoms with E-state index >= 15 is 0 Å². The normalized spacial score (nSPS) is 16.6. The zero-order valence-electron chi connectivity index (χ0n) is 15.1. The molecule has 1 amide bonds. The number of nitrogens with zero attached hydrogens (tertiary/aromatic N) is 1. The van der Waals surface area contributed by atoms with E-state index in [1.54, 1.807) is 0 Å². The molecular weight excluding hydrogens is 298 g/mol. The van der Waals surface area contributed by atoms with Crippen LogP contribution in [0.3, 0.4) is 0 Å². The highest BCUT2D eigenvalue weighted by molar-refractivity contribution is 5.90. The molecule has 1 aromatic heterocycles. The van der Waals surface area contributed by atoms with Crippen LogP contribution < -0.4 is 5.32 Å². The first-order valence-corrected chi connectivity index (χ1v) is 9.16. The second-order valence-electron chi connectivity index (χ2n) is 7.13. The van der Waals surface area contributed by atoms with Gasteiger partial charge >= 0.3 is 0 Å². The molecule has 1 aliphatic heterocycles. The second-order valence-corrected chi connectivity index (χ2v) is 7.13. The molecule has 0 spiro atoms. The van der Waals surface area contributed by atoms with Gasteiger partial charge in [0, 0.05) is 29.2 Å². The van der Waals surface area contributed by atoms with Gasteiger partial charge in [-0.25, -0.2) is 0 Å². The van der Waals surface area contributed by atoms with Crippen LogP contribution in [0.1, 0.15) is 43.0 Å². The molecule has 1 unspecified atom stereocenters. The first kappa shape index (κ1) is 17.0. The summed E-state index contributed by atoms with van der Waals surface area (Å²) in [5.74, 6) is 0.131. The van der Waals surface area contributed by atoms with Gasteiger partial charge in [-0.05, 0) is 63.9 Å². The Balaban J connectivity index is 1.67. The SMILES string of the molecule is CCC(CN1CCCC1)NC(=O)Cc1c(C)[nH]c2ccc(C)cc12. The summed E-state index contributed by atoms with van der Waals surface area (Å²) in [6, 6.07) is 6.62. The van der Waals surface area contributed by atoms with Crippen molar-refractivity contribution in [2.24, 2.45) is 0 Å². The van der Waals surface area contributed by atoms with Crippen LogP contribution in [-0.4, -0.2) is 41.5 Å². The molecule has 24 heavy (non-hydrogen) atoms. The Morgan fingerprint density at radius 1 is 1.29 bits per heavy atom. The monoisotopic (exact) mass is 327 g/mol. The number of aromatic amines is 1. The fourth-order valence-electron chi connectivity index (χ4n) is 3.72. The zero-order chi connectivity index (χ0) is 17.1. The highest BCUT2D eigenvalue weighted by Gasteiger charge is 2.19. The minimum atomic E-state index is 0.131. The Labute approximate surface area is 144 Å². The van der Waals surface area contributed by atoms with Gasteiger partial charge in [0.25, 0.3) is 0 Å². The van der Waals surface area contributed by atoms with Gasteiger partial charge in [0.1, 0.15) is 0 Å². The van der Waals surface area contributed by atoms with Crippen LogP contribution in [0.5, 0.6) is 0 Å². The lowest BCUT2D eigenvalue weighted by atomic mass is 10.0. The molecule has 1 aromatic carbocycles. The third kappa shape index (κ3) is 3.81. The average molecular weight is 327 g/mol. The number of likely N-dealkylation sites (tertiary alicyclic amines) is 1. The molecule has 0 bridgehead atoms. The fourth-order valence-corrected chi connectivity index (χ4v) is 3.72. The van der Waals surface area contributed by atoms with Crippen molar-refractivity contribution in [2.75, 3.05) is 19.6 Å². The van der Waals surface area contributed by atoms with Crippen molar-refractivity contribution in [1.82, 2.24) is 15.2 Å². The maximum absolute atomic E-state index is 12.6. The molecule has 0 saturated carbocycles. The number of benzene rings is 1. The molecule has 130 valence electrons. The summed E-state index contributed by atoms with van der Waals surface area (Å²) in [5, 5.41) is 4.42. The van der Waals surface area contributed by atoms with E-state index in [9.17, 15) is 4.79 Å². The van der Waals surface area contributed by atoms with Crippen LogP contribution in [0.25, 0.3) is 10.9 Å². The van der Waals surface area contributed by atoms with Gasteiger partial charge in [-0.2, -0.15) is 0 Å². The van der Waals surface area contributed by atoms with E-state index in [1.807, 2.05) is 0 Å². The first-order chi connectivity index (χ1) is 11.6. The minimum absolute atomic E-state index is 0.131. The van der Waals surface area contributed by atoms with Gasteiger partial charge in [-0.3, -0.25) is 4.79 Å². The second kappa shape index (κ2) is 7.39. The lowest BCUT2D eigenvalue weighted by molar-refractivity contribution is -0.121. The number of rotatable bonds is 6. The molecular formula is C20H29N3O. The van der Waals surface area contributed by atoms with Crippen LogP contribution in [-0.2, 0) is 11.2 Å². The van der Waals surface area contributed by atoms with Gasteiger partial charge in [0.05, 0.1) is 6.42 Å². The standard InChI is InChI=1S/C20H29N3O/c1-4-16(13-23-9-5-6-10-23)22-20(24)12-17-15(3)21-19-8-7-14(2)11-18(17)19/h7-8,11,16,21H,4-6,9-10,12-13H2,1-3H3,(H,22,24). The first-order valence-electron chi connectivity index (χ1n) is 9.16. The number of nitrogens with one attached hydrogen (secondary N) is 2. The smallest absolute Gasteiger partial charge is 0.224 e. The Morgan fingerprint density at radius 2 is 2.04 bits per heavy atom. The van der Waals surface area contributed by atoms with E-state index in [1.165, 1.54) is 36.9 Å². The number of aromatic nitrogens is 1. The molecule has 2 heterocycles. The Kier molecular flexibility index (Phi) is 5.24. The average Bonchev–Trinajstić information content (AvgIpc) is 3.16. The summed E-state index contributed by atoms with van der Waals surface area (Å²) in [6.45, 7) is 9.63. The molecule has 1 atom stereocenters. The van der Waals surface area contributed by atoms with Crippen molar-refractivity contribution in [1.29, 1.82) is 0 Å². The van der Waals surface area contributed by atoms with E-state index in [2.05, 4.69) is 54.2 Å². The number of amides is 1. The molecule has 4 heteroatoms. The van der Waals surface area contributed by atoms with Crippen molar-refractivity contribution in [3.63, 3.8) is 0 Å². The molecule has 3 rings (SSSR count). The number of carbonyl (C=O) groups excluding carboxylic acids is 1. The van der Waals surface area contributed by atoms with Crippen LogP contribution >= 0.6 is 0 Å². The maximum Gasteiger partial charge on any atom is 0.224 e. The molecule has 2 N–H and O–H groups in total. The third-order valence-corrected chi connectivity index (χ3v) is 5.15. The molecule has 0 aliphatic carbocycles. The topological polar surface area (TPSA) is 48.1 Å². The maximum atomic E-state index is 12.6. The number of fused-ring (bicyclic) bond motifs is 1. The van der Waals surface area contributed by atoms with Crippen LogP contribution in [0.15, 0.2) is 18.2 Å². The molecule has 0 radical (unpaired) electrons. The third-order valence-electron chi connectivity index (χ3n) is 5.15. The zero-order valence-corrected chi connectivity index (χ0v) is 15.1. The van der Waals surface area contributed by atoms with Gasteiger partial charge < -0.3 is 15.2 Å². The van der Waals surface area contributed by atoms with Crippen molar-refractivity contribution >= 4 is 16.8 Å². The minimum Gasteiger partial charge on any atom is -0.358 e. The lowest BCUT2D eigenvalue weighted by Gasteiger charge is -2.23. The molecule has 1 fully saturated rings. The summed E-state index contributed by atoms with van der Waals surface area (Å²) < 4.78 is 0. The number of aryl methyl sites for hydroxylation is 2. The number of hydrogen-bond donors (Lipinski definition) is 2. The summed E-state index contributed by atoms with van der Waals surface area (Å²) in [7, 11) is 0. The van der Waals surface area contributed by atoms with Gasteiger partial charge in [-0.1, -0.05) is 18.6 Å². The lowest BCUT2D eigenvalue weighted by Crippen LogP contribution is -2.43.